The molecule has 1 aromatic carbocycles. The van der Waals surface area contributed by atoms with E-state index in [1.807, 2.05) is 0 Å². The molecule has 0 saturated carbocycles. The zero-order valence-corrected chi connectivity index (χ0v) is 9.67. The van der Waals surface area contributed by atoms with Gasteiger partial charge in [-0.15, -0.1) is 0 Å². The van der Waals surface area contributed by atoms with Gasteiger partial charge in [-0.2, -0.15) is 0 Å². The Balaban J connectivity index is 3.07. The number of benzene rings is 1. The molecule has 0 fully saturated rings. The van der Waals surface area contributed by atoms with Gasteiger partial charge in [-0.1, -0.05) is 0 Å². The highest BCUT2D eigenvalue weighted by atomic mass is 19.1. The van der Waals surface area contributed by atoms with Gasteiger partial charge in [0, 0.05) is 5.69 Å². The van der Waals surface area contributed by atoms with Crippen LogP contribution in [0.25, 0.3) is 0 Å². The first-order valence-electron chi connectivity index (χ1n) is 5.09. The van der Waals surface area contributed by atoms with Gasteiger partial charge in [0.25, 0.3) is 5.91 Å². The summed E-state index contributed by atoms with van der Waals surface area (Å²) in [4.78, 5) is 33.7. The molecule has 0 bridgehead atoms. The van der Waals surface area contributed by atoms with Crippen molar-refractivity contribution in [2.75, 3.05) is 18.8 Å². The molecule has 0 aromatic heterocycles. The number of nitrogen functional groups attached to an aromatic ring is 1. The van der Waals surface area contributed by atoms with Gasteiger partial charge in [0.05, 0.1) is 5.56 Å². The summed E-state index contributed by atoms with van der Waals surface area (Å²) >= 11 is 0. The maximum absolute atomic E-state index is 13.0. The molecule has 0 saturated heterocycles. The molecule has 0 aliphatic heterocycles. The van der Waals surface area contributed by atoms with Crippen molar-refractivity contribution in [2.45, 2.75) is 0 Å². The van der Waals surface area contributed by atoms with Crippen LogP contribution in [0.2, 0.25) is 0 Å². The summed E-state index contributed by atoms with van der Waals surface area (Å²) in [5.41, 5.74) is 5.14. The zero-order chi connectivity index (χ0) is 14.6. The molecular weight excluding hydrogens is 259 g/mol. The summed E-state index contributed by atoms with van der Waals surface area (Å²) in [5, 5.41) is 17.2. The number of rotatable bonds is 5. The number of halogens is 1. The number of carboxylic acid groups (broad SMARTS) is 2. The number of nitrogens with two attached hydrogens (primary N) is 1. The Labute approximate surface area is 107 Å². The van der Waals surface area contributed by atoms with Gasteiger partial charge in [0.2, 0.25) is 0 Å². The van der Waals surface area contributed by atoms with Crippen LogP contribution < -0.4 is 5.73 Å². The molecule has 1 amide bonds. The highest BCUT2D eigenvalue weighted by Crippen LogP contribution is 2.15. The highest BCUT2D eigenvalue weighted by Gasteiger charge is 2.23. The van der Waals surface area contributed by atoms with Gasteiger partial charge in [0.15, 0.2) is 0 Å². The van der Waals surface area contributed by atoms with E-state index in [0.29, 0.717) is 4.90 Å². The molecule has 0 radical (unpaired) electrons. The molecule has 1 rings (SSSR count). The lowest BCUT2D eigenvalue weighted by Gasteiger charge is -2.19. The second kappa shape index (κ2) is 5.80. The van der Waals surface area contributed by atoms with Crippen molar-refractivity contribution in [3.63, 3.8) is 0 Å². The maximum Gasteiger partial charge on any atom is 0.323 e. The minimum atomic E-state index is -1.38. The second-order valence-electron chi connectivity index (χ2n) is 3.68. The van der Waals surface area contributed by atoms with E-state index in [9.17, 15) is 18.8 Å². The fourth-order valence-corrected chi connectivity index (χ4v) is 1.41. The van der Waals surface area contributed by atoms with Gasteiger partial charge in [-0.3, -0.25) is 14.4 Å². The van der Waals surface area contributed by atoms with E-state index < -0.39 is 36.8 Å². The Morgan fingerprint density at radius 1 is 1.16 bits per heavy atom. The van der Waals surface area contributed by atoms with E-state index in [2.05, 4.69) is 0 Å². The number of hydrogen-bond donors (Lipinski definition) is 3. The third-order valence-corrected chi connectivity index (χ3v) is 2.19. The second-order valence-corrected chi connectivity index (χ2v) is 3.68. The summed E-state index contributed by atoms with van der Waals surface area (Å²) < 4.78 is 13.0. The summed E-state index contributed by atoms with van der Waals surface area (Å²) in [6, 6.07) is 3.00. The molecule has 8 heteroatoms. The third-order valence-electron chi connectivity index (χ3n) is 2.19. The van der Waals surface area contributed by atoms with Crippen molar-refractivity contribution < 1.29 is 29.0 Å². The highest BCUT2D eigenvalue weighted by molar-refractivity contribution is 6.01. The third kappa shape index (κ3) is 3.95. The van der Waals surface area contributed by atoms with Crippen LogP contribution in [-0.2, 0) is 9.59 Å². The number of nitrogens with zero attached hydrogens (tertiary/aromatic N) is 1. The fourth-order valence-electron chi connectivity index (χ4n) is 1.41. The Morgan fingerprint density at radius 3 is 2.16 bits per heavy atom. The van der Waals surface area contributed by atoms with E-state index in [1.165, 1.54) is 0 Å². The van der Waals surface area contributed by atoms with E-state index in [4.69, 9.17) is 15.9 Å². The molecule has 0 unspecified atom stereocenters. The van der Waals surface area contributed by atoms with Crippen LogP contribution in [0, 0.1) is 5.82 Å². The Morgan fingerprint density at radius 2 is 1.68 bits per heavy atom. The van der Waals surface area contributed by atoms with Crippen molar-refractivity contribution in [2.24, 2.45) is 0 Å². The lowest BCUT2D eigenvalue weighted by atomic mass is 10.1. The molecule has 0 aliphatic carbocycles. The van der Waals surface area contributed by atoms with E-state index >= 15 is 0 Å². The van der Waals surface area contributed by atoms with Gasteiger partial charge in [0.1, 0.15) is 18.9 Å². The van der Waals surface area contributed by atoms with Crippen LogP contribution in [0.1, 0.15) is 10.4 Å². The maximum atomic E-state index is 13.0. The predicted molar refractivity (Wildman–Crippen MR) is 62.0 cm³/mol. The van der Waals surface area contributed by atoms with Crippen LogP contribution in [0.5, 0.6) is 0 Å². The van der Waals surface area contributed by atoms with Gasteiger partial charge < -0.3 is 20.8 Å². The van der Waals surface area contributed by atoms with Crippen molar-refractivity contribution in [3.05, 3.63) is 29.6 Å². The smallest absolute Gasteiger partial charge is 0.323 e. The predicted octanol–water partition coefficient (Wildman–Crippen LogP) is 0.0193. The summed E-state index contributed by atoms with van der Waals surface area (Å²) in [6.07, 6.45) is 0. The standard InChI is InChI=1S/C11H11FN2O5/c12-6-1-2-8(13)7(3-6)11(19)14(4-9(15)16)5-10(17)18/h1-3H,4-5,13H2,(H,15,16)(H,17,18). The number of amides is 1. The topological polar surface area (TPSA) is 121 Å². The van der Waals surface area contributed by atoms with E-state index in [0.717, 1.165) is 18.2 Å². The van der Waals surface area contributed by atoms with Crippen LogP contribution in [0.4, 0.5) is 10.1 Å². The van der Waals surface area contributed by atoms with Crippen molar-refractivity contribution >= 4 is 23.5 Å². The van der Waals surface area contributed by atoms with Gasteiger partial charge >= 0.3 is 11.9 Å². The van der Waals surface area contributed by atoms with Gasteiger partial charge in [-0.05, 0) is 18.2 Å². The summed E-state index contributed by atoms with van der Waals surface area (Å²) in [6.45, 7) is -1.64. The molecular formula is C11H11FN2O5. The number of carbonyl (C=O) groups excluding carboxylic acids is 1. The number of aliphatic carboxylic acids is 2. The fraction of sp³-hybridized carbons (Fsp3) is 0.182. The first-order chi connectivity index (χ1) is 8.81. The Kier molecular flexibility index (Phi) is 4.41. The largest absolute Gasteiger partial charge is 0.480 e. The molecule has 0 aliphatic rings. The number of carbonyl (C=O) groups is 3. The summed E-state index contributed by atoms with van der Waals surface area (Å²) in [5.74, 6) is -4.46. The molecule has 4 N–H and O–H groups in total. The van der Waals surface area contributed by atoms with E-state index in [-0.39, 0.29) is 11.3 Å². The molecule has 1 aromatic rings. The first kappa shape index (κ1) is 14.4. The summed E-state index contributed by atoms with van der Waals surface area (Å²) in [7, 11) is 0. The number of anilines is 1. The van der Waals surface area contributed by atoms with Crippen LogP contribution in [0.15, 0.2) is 18.2 Å². The van der Waals surface area contributed by atoms with Crippen molar-refractivity contribution in [3.8, 4) is 0 Å². The lowest BCUT2D eigenvalue weighted by molar-refractivity contribution is -0.140. The SMILES string of the molecule is Nc1ccc(F)cc1C(=O)N(CC(=O)O)CC(=O)O. The minimum Gasteiger partial charge on any atom is -0.480 e. The van der Waals surface area contributed by atoms with Crippen molar-refractivity contribution in [1.82, 2.24) is 4.90 Å². The normalized spacial score (nSPS) is 9.95. The number of carboxylic acids is 2. The molecule has 0 spiro atoms. The number of hydrogen-bond acceptors (Lipinski definition) is 4. The molecule has 7 nitrogen and oxygen atoms in total. The van der Waals surface area contributed by atoms with E-state index in [1.54, 1.807) is 0 Å². The molecule has 102 valence electrons. The Bertz CT molecular complexity index is 516. The van der Waals surface area contributed by atoms with Crippen LogP contribution >= 0.6 is 0 Å². The van der Waals surface area contributed by atoms with Crippen LogP contribution in [-0.4, -0.2) is 46.0 Å². The average Bonchev–Trinajstić information content (AvgIpc) is 2.29. The average molecular weight is 270 g/mol. The van der Waals surface area contributed by atoms with Crippen LogP contribution in [0.3, 0.4) is 0 Å². The molecule has 0 atom stereocenters. The molecule has 0 heterocycles. The minimum absolute atomic E-state index is 0.0628. The van der Waals surface area contributed by atoms with Gasteiger partial charge in [-0.25, -0.2) is 4.39 Å². The van der Waals surface area contributed by atoms with Crippen molar-refractivity contribution in [1.29, 1.82) is 0 Å². The monoisotopic (exact) mass is 270 g/mol. The molecule has 19 heavy (non-hydrogen) atoms. The first-order valence-corrected chi connectivity index (χ1v) is 5.09. The quantitative estimate of drug-likeness (QED) is 0.648. The lowest BCUT2D eigenvalue weighted by Crippen LogP contribution is -2.39. The zero-order valence-electron chi connectivity index (χ0n) is 9.67. The Hall–Kier alpha value is -2.64.